The van der Waals surface area contributed by atoms with Crippen molar-refractivity contribution in [3.05, 3.63) is 44.8 Å². The first-order chi connectivity index (χ1) is 10.7. The van der Waals surface area contributed by atoms with Gasteiger partial charge in [-0.2, -0.15) is 11.3 Å². The van der Waals surface area contributed by atoms with E-state index in [9.17, 15) is 9.59 Å². The van der Waals surface area contributed by atoms with Crippen LogP contribution in [0.5, 0.6) is 0 Å². The molecule has 3 nitrogen and oxygen atoms in total. The fraction of sp³-hybridized carbons (Fsp3) is 0.412. The topological polar surface area (TPSA) is 37.4 Å². The van der Waals surface area contributed by atoms with Crippen LogP contribution in [0, 0.1) is 0 Å². The molecular weight excluding hydrogens is 314 g/mol. The summed E-state index contributed by atoms with van der Waals surface area (Å²) in [5.41, 5.74) is 1.23. The highest BCUT2D eigenvalue weighted by Gasteiger charge is 2.30. The second kappa shape index (κ2) is 7.20. The van der Waals surface area contributed by atoms with Gasteiger partial charge in [0.25, 0.3) is 0 Å². The Morgan fingerprint density at radius 1 is 1.27 bits per heavy atom. The second-order valence-electron chi connectivity index (χ2n) is 5.62. The van der Waals surface area contributed by atoms with E-state index in [0.29, 0.717) is 12.8 Å². The van der Waals surface area contributed by atoms with Crippen molar-refractivity contribution in [2.45, 2.75) is 38.1 Å². The van der Waals surface area contributed by atoms with E-state index in [2.05, 4.69) is 11.4 Å². The molecule has 22 heavy (non-hydrogen) atoms. The molecule has 0 N–H and O–H groups in total. The van der Waals surface area contributed by atoms with Gasteiger partial charge in [0.1, 0.15) is 0 Å². The van der Waals surface area contributed by atoms with Gasteiger partial charge in [0.2, 0.25) is 5.91 Å². The summed E-state index contributed by atoms with van der Waals surface area (Å²) in [6, 6.07) is 5.92. The summed E-state index contributed by atoms with van der Waals surface area (Å²) < 4.78 is 0. The van der Waals surface area contributed by atoms with Crippen molar-refractivity contribution in [1.82, 2.24) is 4.90 Å². The first-order valence-electron chi connectivity index (χ1n) is 7.61. The van der Waals surface area contributed by atoms with Gasteiger partial charge >= 0.3 is 0 Å². The van der Waals surface area contributed by atoms with Gasteiger partial charge in [0.05, 0.1) is 4.88 Å². The van der Waals surface area contributed by atoms with Crippen molar-refractivity contribution in [3.63, 3.8) is 0 Å². The van der Waals surface area contributed by atoms with Gasteiger partial charge in [-0.05, 0) is 53.1 Å². The predicted molar refractivity (Wildman–Crippen MR) is 90.6 cm³/mol. The molecule has 3 heterocycles. The van der Waals surface area contributed by atoms with Gasteiger partial charge in [-0.15, -0.1) is 11.3 Å². The monoisotopic (exact) mass is 333 g/mol. The van der Waals surface area contributed by atoms with Crippen LogP contribution in [0.15, 0.2) is 34.3 Å². The Hall–Kier alpha value is -1.46. The maximum absolute atomic E-state index is 12.4. The van der Waals surface area contributed by atoms with E-state index in [1.54, 1.807) is 11.3 Å². The van der Waals surface area contributed by atoms with E-state index in [1.807, 2.05) is 27.8 Å². The number of rotatable bonds is 6. The predicted octanol–water partition coefficient (Wildman–Crippen LogP) is 4.01. The van der Waals surface area contributed by atoms with E-state index in [4.69, 9.17) is 0 Å². The van der Waals surface area contributed by atoms with Crippen molar-refractivity contribution in [3.8, 4) is 0 Å². The molecule has 0 bridgehead atoms. The van der Waals surface area contributed by atoms with Crippen LogP contribution in [-0.2, 0) is 11.2 Å². The molecule has 1 amide bonds. The Balaban J connectivity index is 1.55. The Kier molecular flexibility index (Phi) is 5.05. The lowest BCUT2D eigenvalue weighted by Gasteiger charge is -2.24. The largest absolute Gasteiger partial charge is 0.339 e. The van der Waals surface area contributed by atoms with E-state index >= 15 is 0 Å². The van der Waals surface area contributed by atoms with Crippen LogP contribution >= 0.6 is 22.7 Å². The highest BCUT2D eigenvalue weighted by molar-refractivity contribution is 7.12. The zero-order valence-electron chi connectivity index (χ0n) is 12.4. The molecule has 3 rings (SSSR count). The lowest BCUT2D eigenvalue weighted by molar-refractivity contribution is -0.131. The Morgan fingerprint density at radius 3 is 2.91 bits per heavy atom. The summed E-state index contributed by atoms with van der Waals surface area (Å²) in [5, 5.41) is 6.05. The maximum Gasteiger partial charge on any atom is 0.223 e. The van der Waals surface area contributed by atoms with E-state index in [-0.39, 0.29) is 17.7 Å². The van der Waals surface area contributed by atoms with Crippen LogP contribution in [0.25, 0.3) is 0 Å². The molecular formula is C17H19NO2S2. The zero-order chi connectivity index (χ0) is 15.4. The van der Waals surface area contributed by atoms with Crippen LogP contribution in [0.2, 0.25) is 0 Å². The van der Waals surface area contributed by atoms with Gasteiger partial charge < -0.3 is 4.90 Å². The van der Waals surface area contributed by atoms with Crippen molar-refractivity contribution in [1.29, 1.82) is 0 Å². The highest BCUT2D eigenvalue weighted by atomic mass is 32.1. The van der Waals surface area contributed by atoms with Crippen LogP contribution in [0.1, 0.15) is 40.9 Å². The number of aryl methyl sites for hydroxylation is 1. The average molecular weight is 333 g/mol. The maximum atomic E-state index is 12.4. The Morgan fingerprint density at radius 2 is 2.18 bits per heavy atom. The van der Waals surface area contributed by atoms with E-state index < -0.39 is 0 Å². The molecule has 1 aliphatic rings. The molecule has 1 atom stereocenters. The normalized spacial score (nSPS) is 17.8. The van der Waals surface area contributed by atoms with Gasteiger partial charge in [0, 0.05) is 25.4 Å². The second-order valence-corrected chi connectivity index (χ2v) is 7.35. The molecule has 0 saturated carbocycles. The van der Waals surface area contributed by atoms with Crippen molar-refractivity contribution >= 4 is 34.4 Å². The number of hydrogen-bond donors (Lipinski definition) is 0. The molecule has 0 aromatic carbocycles. The highest BCUT2D eigenvalue weighted by Crippen LogP contribution is 2.24. The van der Waals surface area contributed by atoms with Crippen LogP contribution in [-0.4, -0.2) is 29.2 Å². The molecule has 0 radical (unpaired) electrons. The van der Waals surface area contributed by atoms with Gasteiger partial charge in [-0.3, -0.25) is 9.59 Å². The Bertz CT molecular complexity index is 619. The third kappa shape index (κ3) is 3.65. The minimum atomic E-state index is 0.0876. The number of nitrogens with zero attached hydrogens (tertiary/aromatic N) is 1. The lowest BCUT2D eigenvalue weighted by Crippen LogP contribution is -2.36. The number of Topliss-reactive ketones (excluding diaryl/α,β-unsaturated/α-hetero) is 1. The quantitative estimate of drug-likeness (QED) is 0.749. The third-order valence-corrected chi connectivity index (χ3v) is 5.77. The molecule has 0 spiro atoms. The first-order valence-corrected chi connectivity index (χ1v) is 9.43. The smallest absolute Gasteiger partial charge is 0.223 e. The summed E-state index contributed by atoms with van der Waals surface area (Å²) in [6.45, 7) is 0.796. The fourth-order valence-electron chi connectivity index (χ4n) is 2.96. The third-order valence-electron chi connectivity index (χ3n) is 4.12. The molecule has 1 saturated heterocycles. The molecule has 1 fully saturated rings. The van der Waals surface area contributed by atoms with Crippen LogP contribution in [0.4, 0.5) is 0 Å². The molecule has 0 aliphatic carbocycles. The molecule has 116 valence electrons. The van der Waals surface area contributed by atoms with Crippen molar-refractivity contribution < 1.29 is 9.59 Å². The number of hydrogen-bond acceptors (Lipinski definition) is 4. The number of thiophene rings is 2. The Labute approximate surface area is 138 Å². The fourth-order valence-corrected chi connectivity index (χ4v) is 4.34. The van der Waals surface area contributed by atoms with E-state index in [1.165, 1.54) is 16.9 Å². The van der Waals surface area contributed by atoms with Crippen LogP contribution < -0.4 is 0 Å². The molecule has 1 aliphatic heterocycles. The molecule has 5 heteroatoms. The summed E-state index contributed by atoms with van der Waals surface area (Å²) in [5.74, 6) is 0.352. The molecule has 2 aromatic rings. The number of likely N-dealkylation sites (tertiary alicyclic amines) is 1. The minimum absolute atomic E-state index is 0.0876. The minimum Gasteiger partial charge on any atom is -0.339 e. The summed E-state index contributed by atoms with van der Waals surface area (Å²) >= 11 is 3.14. The van der Waals surface area contributed by atoms with Crippen molar-refractivity contribution in [2.75, 3.05) is 6.54 Å². The van der Waals surface area contributed by atoms with Gasteiger partial charge in [-0.1, -0.05) is 6.07 Å². The standard InChI is InChI=1S/C17H19NO2S2/c19-15(16-4-2-9-22-16)11-14-3-1-8-18(14)17(20)6-5-13-7-10-21-12-13/h2,4,7,9-10,12,14H,1,3,5-6,8,11H2/t14-/m0/s1. The summed E-state index contributed by atoms with van der Waals surface area (Å²) in [6.07, 6.45) is 3.75. The average Bonchev–Trinajstić information content (AvgIpc) is 3.25. The number of carbonyl (C=O) groups excluding carboxylic acids is 2. The lowest BCUT2D eigenvalue weighted by atomic mass is 10.1. The first kappa shape index (κ1) is 15.4. The number of ketones is 1. The zero-order valence-corrected chi connectivity index (χ0v) is 14.0. The van der Waals surface area contributed by atoms with Crippen molar-refractivity contribution in [2.24, 2.45) is 0 Å². The molecule has 2 aromatic heterocycles. The summed E-state index contributed by atoms with van der Waals surface area (Å²) in [7, 11) is 0. The van der Waals surface area contributed by atoms with Crippen LogP contribution in [0.3, 0.4) is 0 Å². The number of carbonyl (C=O) groups is 2. The van der Waals surface area contributed by atoms with Gasteiger partial charge in [-0.25, -0.2) is 0 Å². The van der Waals surface area contributed by atoms with Gasteiger partial charge in [0.15, 0.2) is 5.78 Å². The SMILES string of the molecule is O=C(C[C@@H]1CCCN1C(=O)CCc1ccsc1)c1cccs1. The molecule has 0 unspecified atom stereocenters. The number of amides is 1. The van der Waals surface area contributed by atoms with E-state index in [0.717, 1.165) is 30.7 Å². The summed E-state index contributed by atoms with van der Waals surface area (Å²) in [4.78, 5) is 27.4.